The van der Waals surface area contributed by atoms with E-state index in [0.29, 0.717) is 11.2 Å². The molecule has 2 heterocycles. The molecule has 6 nitrogen and oxygen atoms in total. The van der Waals surface area contributed by atoms with Gasteiger partial charge in [0, 0.05) is 23.7 Å². The Balaban J connectivity index is 2.19. The maximum atomic E-state index is 12.2. The fraction of sp³-hybridized carbons (Fsp3) is 0.267. The van der Waals surface area contributed by atoms with Crippen LogP contribution < -0.4 is 10.1 Å². The van der Waals surface area contributed by atoms with Crippen LogP contribution in [0.25, 0.3) is 16.6 Å². The summed E-state index contributed by atoms with van der Waals surface area (Å²) in [6.45, 7) is 3.83. The molecule has 0 saturated heterocycles. The molecule has 0 aliphatic rings. The molecule has 0 spiro atoms. The largest absolute Gasteiger partial charge is 0.497 e. The van der Waals surface area contributed by atoms with Crippen molar-refractivity contribution in [2.75, 3.05) is 7.11 Å². The van der Waals surface area contributed by atoms with Gasteiger partial charge in [0.25, 0.3) is 5.91 Å². The molecule has 1 aromatic carbocycles. The molecule has 0 aliphatic carbocycles. The monoisotopic (exact) mass is 284 g/mol. The SMILES string of the molecule is COc1ccc2cnc3c(C(=O)NC(C)C)cnn3c2c1. The molecule has 0 saturated carbocycles. The summed E-state index contributed by atoms with van der Waals surface area (Å²) in [5, 5.41) is 8.07. The van der Waals surface area contributed by atoms with Crippen LogP contribution in [0.4, 0.5) is 0 Å². The van der Waals surface area contributed by atoms with Crippen molar-refractivity contribution in [3.05, 3.63) is 36.2 Å². The van der Waals surface area contributed by atoms with Crippen LogP contribution in [0.3, 0.4) is 0 Å². The number of methoxy groups -OCH3 is 1. The number of hydrogen-bond donors (Lipinski definition) is 1. The number of hydrogen-bond acceptors (Lipinski definition) is 4. The molecule has 0 fully saturated rings. The summed E-state index contributed by atoms with van der Waals surface area (Å²) in [4.78, 5) is 16.5. The van der Waals surface area contributed by atoms with E-state index in [1.165, 1.54) is 0 Å². The molecule has 108 valence electrons. The molecule has 1 amide bonds. The first kappa shape index (κ1) is 13.4. The van der Waals surface area contributed by atoms with Crippen LogP contribution in [-0.4, -0.2) is 33.7 Å². The van der Waals surface area contributed by atoms with Gasteiger partial charge in [0.05, 0.1) is 18.8 Å². The van der Waals surface area contributed by atoms with E-state index in [1.807, 2.05) is 32.0 Å². The van der Waals surface area contributed by atoms with Crippen molar-refractivity contribution in [3.8, 4) is 5.75 Å². The highest BCUT2D eigenvalue weighted by molar-refractivity contribution is 6.00. The number of aromatic nitrogens is 3. The average Bonchev–Trinajstić information content (AvgIpc) is 2.90. The van der Waals surface area contributed by atoms with E-state index >= 15 is 0 Å². The zero-order valence-corrected chi connectivity index (χ0v) is 12.1. The molecular formula is C15H16N4O2. The molecule has 0 atom stereocenters. The van der Waals surface area contributed by atoms with E-state index in [-0.39, 0.29) is 11.9 Å². The van der Waals surface area contributed by atoms with E-state index in [4.69, 9.17) is 4.74 Å². The van der Waals surface area contributed by atoms with Gasteiger partial charge in [-0.2, -0.15) is 5.10 Å². The second-order valence-corrected chi connectivity index (χ2v) is 5.10. The standard InChI is InChI=1S/C15H16N4O2/c1-9(2)18-15(20)12-8-17-19-13-6-11(21-3)5-4-10(13)7-16-14(12)19/h4-9H,1-3H3,(H,18,20). The van der Waals surface area contributed by atoms with Crippen molar-refractivity contribution < 1.29 is 9.53 Å². The van der Waals surface area contributed by atoms with Crippen molar-refractivity contribution in [2.24, 2.45) is 0 Å². The lowest BCUT2D eigenvalue weighted by Crippen LogP contribution is -2.30. The molecule has 0 radical (unpaired) electrons. The first-order valence-electron chi connectivity index (χ1n) is 6.71. The minimum Gasteiger partial charge on any atom is -0.497 e. The van der Waals surface area contributed by atoms with E-state index in [0.717, 1.165) is 16.7 Å². The second kappa shape index (κ2) is 5.05. The highest BCUT2D eigenvalue weighted by atomic mass is 16.5. The lowest BCUT2D eigenvalue weighted by Gasteiger charge is -2.07. The van der Waals surface area contributed by atoms with E-state index < -0.39 is 0 Å². The average molecular weight is 284 g/mol. The number of nitrogens with one attached hydrogen (secondary N) is 1. The van der Waals surface area contributed by atoms with Gasteiger partial charge in [-0.3, -0.25) is 4.79 Å². The number of ether oxygens (including phenoxy) is 1. The maximum absolute atomic E-state index is 12.2. The van der Waals surface area contributed by atoms with Crippen LogP contribution >= 0.6 is 0 Å². The van der Waals surface area contributed by atoms with Crippen LogP contribution in [0.1, 0.15) is 24.2 Å². The van der Waals surface area contributed by atoms with E-state index in [2.05, 4.69) is 15.4 Å². The molecule has 3 rings (SSSR count). The predicted octanol–water partition coefficient (Wildman–Crippen LogP) is 2.03. The van der Waals surface area contributed by atoms with Crippen LogP contribution in [0.2, 0.25) is 0 Å². The Morgan fingerprint density at radius 3 is 2.86 bits per heavy atom. The summed E-state index contributed by atoms with van der Waals surface area (Å²) in [7, 11) is 1.62. The zero-order valence-electron chi connectivity index (χ0n) is 12.1. The number of carbonyl (C=O) groups is 1. The van der Waals surface area contributed by atoms with Crippen molar-refractivity contribution in [1.82, 2.24) is 19.9 Å². The van der Waals surface area contributed by atoms with Crippen molar-refractivity contribution in [3.63, 3.8) is 0 Å². The first-order valence-corrected chi connectivity index (χ1v) is 6.71. The summed E-state index contributed by atoms with van der Waals surface area (Å²) in [5.41, 5.74) is 1.85. The molecular weight excluding hydrogens is 268 g/mol. The van der Waals surface area contributed by atoms with Gasteiger partial charge in [0.1, 0.15) is 11.3 Å². The molecule has 6 heteroatoms. The fourth-order valence-corrected chi connectivity index (χ4v) is 2.22. The Bertz CT molecular complexity index is 823. The minimum absolute atomic E-state index is 0.0630. The maximum Gasteiger partial charge on any atom is 0.256 e. The van der Waals surface area contributed by atoms with Crippen LogP contribution in [0.5, 0.6) is 5.75 Å². The Labute approximate surface area is 121 Å². The highest BCUT2D eigenvalue weighted by Crippen LogP contribution is 2.22. The second-order valence-electron chi connectivity index (χ2n) is 5.10. The molecule has 3 aromatic rings. The van der Waals surface area contributed by atoms with Gasteiger partial charge in [-0.05, 0) is 26.0 Å². The Morgan fingerprint density at radius 1 is 1.33 bits per heavy atom. The third-order valence-corrected chi connectivity index (χ3v) is 3.20. The van der Waals surface area contributed by atoms with Gasteiger partial charge in [0.15, 0.2) is 5.65 Å². The zero-order chi connectivity index (χ0) is 15.0. The van der Waals surface area contributed by atoms with Gasteiger partial charge in [-0.15, -0.1) is 0 Å². The Morgan fingerprint density at radius 2 is 2.14 bits per heavy atom. The smallest absolute Gasteiger partial charge is 0.256 e. The third-order valence-electron chi connectivity index (χ3n) is 3.20. The van der Waals surface area contributed by atoms with Crippen molar-refractivity contribution in [1.29, 1.82) is 0 Å². The van der Waals surface area contributed by atoms with E-state index in [1.54, 1.807) is 24.0 Å². The first-order chi connectivity index (χ1) is 10.1. The van der Waals surface area contributed by atoms with Crippen LogP contribution in [0, 0.1) is 0 Å². The number of fused-ring (bicyclic) bond motifs is 3. The molecule has 2 aromatic heterocycles. The lowest BCUT2D eigenvalue weighted by atomic mass is 10.2. The number of benzene rings is 1. The predicted molar refractivity (Wildman–Crippen MR) is 79.6 cm³/mol. The topological polar surface area (TPSA) is 68.5 Å². The number of nitrogens with zero attached hydrogens (tertiary/aromatic N) is 3. The third kappa shape index (κ3) is 2.29. The van der Waals surface area contributed by atoms with Crippen molar-refractivity contribution >= 4 is 22.5 Å². The summed E-state index contributed by atoms with van der Waals surface area (Å²) in [5.74, 6) is 0.563. The van der Waals surface area contributed by atoms with Gasteiger partial charge in [-0.25, -0.2) is 9.50 Å². The molecule has 21 heavy (non-hydrogen) atoms. The molecule has 1 N–H and O–H groups in total. The Hall–Kier alpha value is -2.63. The summed E-state index contributed by atoms with van der Waals surface area (Å²) < 4.78 is 6.90. The van der Waals surface area contributed by atoms with Crippen molar-refractivity contribution in [2.45, 2.75) is 19.9 Å². The van der Waals surface area contributed by atoms with Gasteiger partial charge >= 0.3 is 0 Å². The molecule has 0 aliphatic heterocycles. The van der Waals surface area contributed by atoms with Gasteiger partial charge in [-0.1, -0.05) is 0 Å². The Kier molecular flexibility index (Phi) is 3.21. The highest BCUT2D eigenvalue weighted by Gasteiger charge is 2.16. The summed E-state index contributed by atoms with van der Waals surface area (Å²) in [6, 6.07) is 5.72. The van der Waals surface area contributed by atoms with E-state index in [9.17, 15) is 4.79 Å². The van der Waals surface area contributed by atoms with Crippen LogP contribution in [0.15, 0.2) is 30.6 Å². The number of amides is 1. The summed E-state index contributed by atoms with van der Waals surface area (Å²) >= 11 is 0. The number of rotatable bonds is 3. The van der Waals surface area contributed by atoms with Gasteiger partial charge in [0.2, 0.25) is 0 Å². The fourth-order valence-electron chi connectivity index (χ4n) is 2.22. The minimum atomic E-state index is -0.172. The lowest BCUT2D eigenvalue weighted by molar-refractivity contribution is 0.0944. The molecule has 0 unspecified atom stereocenters. The molecule has 0 bridgehead atoms. The normalized spacial score (nSPS) is 11.2. The van der Waals surface area contributed by atoms with Gasteiger partial charge < -0.3 is 10.1 Å². The quantitative estimate of drug-likeness (QED) is 0.799. The summed E-state index contributed by atoms with van der Waals surface area (Å²) in [6.07, 6.45) is 3.27. The van der Waals surface area contributed by atoms with Crippen LogP contribution in [-0.2, 0) is 0 Å². The number of carbonyl (C=O) groups excluding carboxylic acids is 1.